The van der Waals surface area contributed by atoms with E-state index in [0.717, 1.165) is 41.4 Å². The Balaban J connectivity index is 2.25. The molecule has 1 aliphatic heterocycles. The molecular formula is C18H23ClN4O. The van der Waals surface area contributed by atoms with Crippen LogP contribution in [0, 0.1) is 0 Å². The van der Waals surface area contributed by atoms with Gasteiger partial charge in [0.15, 0.2) is 0 Å². The zero-order valence-corrected chi connectivity index (χ0v) is 14.6. The van der Waals surface area contributed by atoms with E-state index in [0.29, 0.717) is 24.7 Å². The van der Waals surface area contributed by atoms with Gasteiger partial charge in [-0.25, -0.2) is 4.98 Å². The number of carbonyl (C=O) groups excluding carboxylic acids is 1. The van der Waals surface area contributed by atoms with Crippen LogP contribution in [0.2, 0.25) is 5.15 Å². The van der Waals surface area contributed by atoms with E-state index in [-0.39, 0.29) is 5.91 Å². The van der Waals surface area contributed by atoms with Crippen LogP contribution in [-0.2, 0) is 16.8 Å². The van der Waals surface area contributed by atoms with Gasteiger partial charge in [-0.1, -0.05) is 30.7 Å². The summed E-state index contributed by atoms with van der Waals surface area (Å²) in [5.74, 6) is 0.0384. The monoisotopic (exact) mass is 346 g/mol. The van der Waals surface area contributed by atoms with Gasteiger partial charge in [-0.05, 0) is 43.6 Å². The van der Waals surface area contributed by atoms with Crippen molar-refractivity contribution in [2.45, 2.75) is 31.7 Å². The topological polar surface area (TPSA) is 80.0 Å². The summed E-state index contributed by atoms with van der Waals surface area (Å²) in [4.78, 5) is 16.8. The summed E-state index contributed by atoms with van der Waals surface area (Å²) in [6, 6.07) is 7.90. The Kier molecular flexibility index (Phi) is 5.04. The second kappa shape index (κ2) is 7.05. The van der Waals surface area contributed by atoms with Crippen LogP contribution < -0.4 is 16.4 Å². The molecule has 1 aromatic carbocycles. The molecule has 2 heterocycles. The molecule has 3 rings (SSSR count). The van der Waals surface area contributed by atoms with Crippen LogP contribution in [0.3, 0.4) is 0 Å². The summed E-state index contributed by atoms with van der Waals surface area (Å²) >= 11 is 6.17. The van der Waals surface area contributed by atoms with Crippen molar-refractivity contribution < 1.29 is 4.79 Å². The van der Waals surface area contributed by atoms with Crippen molar-refractivity contribution in [1.29, 1.82) is 0 Å². The van der Waals surface area contributed by atoms with Crippen LogP contribution in [0.25, 0.3) is 10.9 Å². The fraction of sp³-hybridized carbons (Fsp3) is 0.444. The van der Waals surface area contributed by atoms with E-state index in [9.17, 15) is 4.79 Å². The molecule has 6 heteroatoms. The number of nitrogens with one attached hydrogen (secondary N) is 2. The van der Waals surface area contributed by atoms with Crippen molar-refractivity contribution in [3.05, 3.63) is 40.5 Å². The number of hydrogen-bond donors (Lipinski definition) is 3. The molecule has 128 valence electrons. The summed E-state index contributed by atoms with van der Waals surface area (Å²) in [5.41, 5.74) is 8.40. The molecule has 24 heavy (non-hydrogen) atoms. The Bertz CT molecular complexity index is 756. The van der Waals surface area contributed by atoms with Crippen LogP contribution in [0.5, 0.6) is 0 Å². The van der Waals surface area contributed by atoms with Gasteiger partial charge in [-0.3, -0.25) is 4.79 Å². The van der Waals surface area contributed by atoms with E-state index in [1.54, 1.807) is 6.07 Å². The first-order chi connectivity index (χ1) is 11.6. The largest absolute Gasteiger partial charge is 0.345 e. The average Bonchev–Trinajstić information content (AvgIpc) is 3.03. The molecule has 1 amide bonds. The molecule has 4 N–H and O–H groups in total. The van der Waals surface area contributed by atoms with Gasteiger partial charge < -0.3 is 16.4 Å². The van der Waals surface area contributed by atoms with E-state index >= 15 is 0 Å². The molecule has 1 fully saturated rings. The Labute approximate surface area is 147 Å². The van der Waals surface area contributed by atoms with Crippen molar-refractivity contribution in [1.82, 2.24) is 15.6 Å². The van der Waals surface area contributed by atoms with Crippen molar-refractivity contribution in [2.24, 2.45) is 5.73 Å². The molecule has 5 nitrogen and oxygen atoms in total. The zero-order chi connectivity index (χ0) is 17.2. The van der Waals surface area contributed by atoms with E-state index in [4.69, 9.17) is 17.3 Å². The Morgan fingerprint density at radius 3 is 2.88 bits per heavy atom. The summed E-state index contributed by atoms with van der Waals surface area (Å²) < 4.78 is 0. The number of pyridine rings is 1. The molecule has 0 spiro atoms. The normalized spacial score (nSPS) is 20.5. The van der Waals surface area contributed by atoms with Gasteiger partial charge in [0.25, 0.3) is 0 Å². The molecule has 1 saturated heterocycles. The number of aromatic nitrogens is 1. The third-order valence-corrected chi connectivity index (χ3v) is 4.87. The molecule has 0 aliphatic carbocycles. The van der Waals surface area contributed by atoms with Gasteiger partial charge in [-0.15, -0.1) is 0 Å². The van der Waals surface area contributed by atoms with Crippen molar-refractivity contribution in [3.8, 4) is 0 Å². The first kappa shape index (κ1) is 17.1. The molecule has 1 atom stereocenters. The molecule has 1 aromatic heterocycles. The fourth-order valence-electron chi connectivity index (χ4n) is 3.53. The second-order valence-corrected chi connectivity index (χ2v) is 6.64. The van der Waals surface area contributed by atoms with E-state index in [1.807, 2.05) is 19.1 Å². The maximum absolute atomic E-state index is 12.2. The van der Waals surface area contributed by atoms with Crippen LogP contribution in [0.15, 0.2) is 24.3 Å². The number of nitrogens with two attached hydrogens (primary N) is 1. The third-order valence-electron chi connectivity index (χ3n) is 4.66. The zero-order valence-electron chi connectivity index (χ0n) is 13.9. The van der Waals surface area contributed by atoms with Gasteiger partial charge in [-0.2, -0.15) is 0 Å². The maximum Gasteiger partial charge on any atom is 0.220 e. The number of hydrogen-bond acceptors (Lipinski definition) is 4. The van der Waals surface area contributed by atoms with E-state index in [2.05, 4.69) is 21.7 Å². The minimum Gasteiger partial charge on any atom is -0.345 e. The molecule has 0 radical (unpaired) electrons. The number of halogens is 1. The average molecular weight is 347 g/mol. The van der Waals surface area contributed by atoms with E-state index < -0.39 is 5.54 Å². The number of rotatable bonds is 5. The van der Waals surface area contributed by atoms with Crippen molar-refractivity contribution >= 4 is 28.4 Å². The lowest BCUT2D eigenvalue weighted by Crippen LogP contribution is -2.48. The van der Waals surface area contributed by atoms with Gasteiger partial charge in [0.1, 0.15) is 5.15 Å². The quantitative estimate of drug-likeness (QED) is 0.724. The summed E-state index contributed by atoms with van der Waals surface area (Å²) in [7, 11) is 0. The minimum atomic E-state index is -0.464. The van der Waals surface area contributed by atoms with E-state index in [1.165, 1.54) is 0 Å². The first-order valence-corrected chi connectivity index (χ1v) is 8.78. The van der Waals surface area contributed by atoms with Crippen LogP contribution >= 0.6 is 11.6 Å². The lowest BCUT2D eigenvalue weighted by molar-refractivity contribution is -0.122. The third kappa shape index (κ3) is 3.11. The standard InChI is InChI=1S/C18H23ClN4O/c1-2-15(24)23-18(8-10-21-11-18)16-12(7-9-20)3-4-13-5-6-14(19)22-17(13)16/h3-6,21H,2,7-11,20H2,1H3,(H,23,24)/t18-/m1/s1. The Morgan fingerprint density at radius 1 is 1.42 bits per heavy atom. The fourth-order valence-corrected chi connectivity index (χ4v) is 3.68. The highest BCUT2D eigenvalue weighted by atomic mass is 35.5. The number of amides is 1. The number of fused-ring (bicyclic) bond motifs is 1. The van der Waals surface area contributed by atoms with Crippen molar-refractivity contribution in [3.63, 3.8) is 0 Å². The second-order valence-electron chi connectivity index (χ2n) is 6.25. The molecule has 0 unspecified atom stereocenters. The minimum absolute atomic E-state index is 0.0384. The summed E-state index contributed by atoms with van der Waals surface area (Å²) in [6.45, 7) is 3.95. The van der Waals surface area contributed by atoms with Crippen molar-refractivity contribution in [2.75, 3.05) is 19.6 Å². The summed E-state index contributed by atoms with van der Waals surface area (Å²) in [5, 5.41) is 8.10. The Hall–Kier alpha value is -1.69. The maximum atomic E-state index is 12.2. The number of nitrogens with zero attached hydrogens (tertiary/aromatic N) is 1. The van der Waals surface area contributed by atoms with Gasteiger partial charge in [0.2, 0.25) is 5.91 Å². The van der Waals surface area contributed by atoms with Gasteiger partial charge in [0.05, 0.1) is 11.1 Å². The predicted octanol–water partition coefficient (Wildman–Crippen LogP) is 2.10. The highest BCUT2D eigenvalue weighted by molar-refractivity contribution is 6.29. The molecule has 2 aromatic rings. The highest BCUT2D eigenvalue weighted by Crippen LogP contribution is 2.36. The highest BCUT2D eigenvalue weighted by Gasteiger charge is 2.40. The van der Waals surface area contributed by atoms with Gasteiger partial charge in [0, 0.05) is 23.9 Å². The molecular weight excluding hydrogens is 324 g/mol. The number of carbonyl (C=O) groups is 1. The molecule has 1 aliphatic rings. The number of benzene rings is 1. The van der Waals surface area contributed by atoms with Crippen LogP contribution in [0.1, 0.15) is 30.9 Å². The summed E-state index contributed by atoms with van der Waals surface area (Å²) in [6.07, 6.45) is 2.01. The Morgan fingerprint density at radius 2 is 2.21 bits per heavy atom. The smallest absolute Gasteiger partial charge is 0.220 e. The van der Waals surface area contributed by atoms with Crippen LogP contribution in [0.4, 0.5) is 0 Å². The van der Waals surface area contributed by atoms with Crippen LogP contribution in [-0.4, -0.2) is 30.5 Å². The lowest BCUT2D eigenvalue weighted by Gasteiger charge is -2.33. The SMILES string of the molecule is CCC(=O)N[C@]1(c2c(CCN)ccc3ccc(Cl)nc23)CCNC1. The molecule has 0 bridgehead atoms. The molecule has 0 saturated carbocycles. The predicted molar refractivity (Wildman–Crippen MR) is 97.1 cm³/mol. The lowest BCUT2D eigenvalue weighted by atomic mass is 9.82. The first-order valence-electron chi connectivity index (χ1n) is 8.40. The van der Waals surface area contributed by atoms with Gasteiger partial charge >= 0.3 is 0 Å².